The van der Waals surface area contributed by atoms with E-state index in [-0.39, 0.29) is 24.2 Å². The maximum atomic E-state index is 12.7. The van der Waals surface area contributed by atoms with Crippen molar-refractivity contribution in [2.45, 2.75) is 26.4 Å². The lowest BCUT2D eigenvalue weighted by Gasteiger charge is -2.16. The van der Waals surface area contributed by atoms with Gasteiger partial charge in [-0.05, 0) is 31.2 Å². The fourth-order valence-corrected chi connectivity index (χ4v) is 1.68. The Bertz CT molecular complexity index is 475. The Balaban J connectivity index is 2.32. The van der Waals surface area contributed by atoms with E-state index in [4.69, 9.17) is 4.74 Å². The molecule has 0 heterocycles. The number of ether oxygens (including phenoxy) is 2. The van der Waals surface area contributed by atoms with Crippen molar-refractivity contribution in [2.24, 2.45) is 5.92 Å². The topological polar surface area (TPSA) is 64.6 Å². The molecule has 0 unspecified atom stereocenters. The molecule has 0 spiro atoms. The van der Waals surface area contributed by atoms with E-state index in [1.165, 1.54) is 31.4 Å². The van der Waals surface area contributed by atoms with Crippen LogP contribution in [0, 0.1) is 11.7 Å². The third-order valence-electron chi connectivity index (χ3n) is 2.83. The van der Waals surface area contributed by atoms with Crippen molar-refractivity contribution in [2.75, 3.05) is 13.7 Å². The first kappa shape index (κ1) is 16.9. The lowest BCUT2D eigenvalue weighted by atomic mass is 10.1. The zero-order valence-corrected chi connectivity index (χ0v) is 12.4. The van der Waals surface area contributed by atoms with Crippen LogP contribution in [0.2, 0.25) is 0 Å². The number of rotatable bonds is 7. The number of carbonyl (C=O) groups excluding carboxylic acids is 2. The molecule has 0 aromatic heterocycles. The lowest BCUT2D eigenvalue weighted by Crippen LogP contribution is -2.35. The molecule has 5 nitrogen and oxygen atoms in total. The summed E-state index contributed by atoms with van der Waals surface area (Å²) in [6.45, 7) is 3.71. The molecule has 2 atom stereocenters. The van der Waals surface area contributed by atoms with Gasteiger partial charge in [-0.2, -0.15) is 0 Å². The first-order chi connectivity index (χ1) is 9.92. The minimum atomic E-state index is -0.483. The summed E-state index contributed by atoms with van der Waals surface area (Å²) in [5.41, 5.74) is 0. The minimum Gasteiger partial charge on any atom is -0.489 e. The molecule has 0 aliphatic rings. The zero-order valence-electron chi connectivity index (χ0n) is 12.4. The van der Waals surface area contributed by atoms with Crippen LogP contribution < -0.4 is 10.1 Å². The van der Waals surface area contributed by atoms with Gasteiger partial charge in [0.1, 0.15) is 17.7 Å². The van der Waals surface area contributed by atoms with E-state index in [0.29, 0.717) is 12.3 Å². The van der Waals surface area contributed by atoms with Crippen molar-refractivity contribution in [3.8, 4) is 5.75 Å². The Morgan fingerprint density at radius 2 is 1.86 bits per heavy atom. The molecule has 1 aromatic carbocycles. The normalized spacial score (nSPS) is 13.1. The van der Waals surface area contributed by atoms with Crippen LogP contribution in [0.5, 0.6) is 5.75 Å². The van der Waals surface area contributed by atoms with Gasteiger partial charge in [0.2, 0.25) is 5.91 Å². The van der Waals surface area contributed by atoms with Crippen LogP contribution >= 0.6 is 0 Å². The van der Waals surface area contributed by atoms with Gasteiger partial charge in [0, 0.05) is 6.42 Å². The van der Waals surface area contributed by atoms with Crippen molar-refractivity contribution in [3.05, 3.63) is 30.1 Å². The molecule has 116 valence electrons. The summed E-state index contributed by atoms with van der Waals surface area (Å²) in [4.78, 5) is 22.8. The highest BCUT2D eigenvalue weighted by Crippen LogP contribution is 2.12. The monoisotopic (exact) mass is 297 g/mol. The average molecular weight is 297 g/mol. The van der Waals surface area contributed by atoms with Crippen molar-refractivity contribution >= 4 is 11.9 Å². The lowest BCUT2D eigenvalue weighted by molar-refractivity contribution is -0.146. The molecule has 0 aliphatic heterocycles. The number of esters is 1. The third-order valence-corrected chi connectivity index (χ3v) is 2.83. The Labute approximate surface area is 123 Å². The highest BCUT2D eigenvalue weighted by molar-refractivity contribution is 5.82. The zero-order chi connectivity index (χ0) is 15.8. The Morgan fingerprint density at radius 1 is 1.24 bits per heavy atom. The molecule has 1 amide bonds. The van der Waals surface area contributed by atoms with Gasteiger partial charge >= 0.3 is 5.97 Å². The van der Waals surface area contributed by atoms with Crippen LogP contribution in [-0.2, 0) is 14.3 Å². The van der Waals surface area contributed by atoms with Crippen LogP contribution in [-0.4, -0.2) is 31.6 Å². The number of benzene rings is 1. The Morgan fingerprint density at radius 3 is 2.43 bits per heavy atom. The molecule has 21 heavy (non-hydrogen) atoms. The molecular formula is C15H20FNO4. The largest absolute Gasteiger partial charge is 0.489 e. The average Bonchev–Trinajstić information content (AvgIpc) is 2.46. The van der Waals surface area contributed by atoms with Gasteiger partial charge < -0.3 is 14.8 Å². The van der Waals surface area contributed by atoms with Crippen molar-refractivity contribution in [3.63, 3.8) is 0 Å². The first-order valence-electron chi connectivity index (χ1n) is 6.69. The SMILES string of the molecule is COC(=O)[C@H](C)CC(=O)NC[C@H](C)Oc1ccc(F)cc1. The predicted molar refractivity (Wildman–Crippen MR) is 75.3 cm³/mol. The second-order valence-electron chi connectivity index (χ2n) is 4.81. The number of hydrogen-bond donors (Lipinski definition) is 1. The predicted octanol–water partition coefficient (Wildman–Crippen LogP) is 1.91. The first-order valence-corrected chi connectivity index (χ1v) is 6.69. The molecule has 0 saturated heterocycles. The van der Waals surface area contributed by atoms with Gasteiger partial charge in [0.05, 0.1) is 19.6 Å². The number of nitrogens with one attached hydrogen (secondary N) is 1. The molecule has 0 fully saturated rings. The van der Waals surface area contributed by atoms with Gasteiger partial charge in [-0.15, -0.1) is 0 Å². The van der Waals surface area contributed by atoms with Crippen LogP contribution in [0.3, 0.4) is 0 Å². The number of amides is 1. The number of carbonyl (C=O) groups is 2. The molecule has 1 rings (SSSR count). The van der Waals surface area contributed by atoms with E-state index < -0.39 is 11.9 Å². The summed E-state index contributed by atoms with van der Waals surface area (Å²) >= 11 is 0. The molecule has 0 radical (unpaired) electrons. The molecule has 0 bridgehead atoms. The Hall–Kier alpha value is -2.11. The maximum absolute atomic E-state index is 12.7. The van der Waals surface area contributed by atoms with Gasteiger partial charge in [0.15, 0.2) is 0 Å². The summed E-state index contributed by atoms with van der Waals surface area (Å²) in [6, 6.07) is 5.65. The maximum Gasteiger partial charge on any atom is 0.308 e. The van der Waals surface area contributed by atoms with Gasteiger partial charge in [-0.1, -0.05) is 6.92 Å². The molecule has 6 heteroatoms. The summed E-state index contributed by atoms with van der Waals surface area (Å²) in [7, 11) is 1.29. The van der Waals surface area contributed by atoms with Crippen LogP contribution in [0.25, 0.3) is 0 Å². The summed E-state index contributed by atoms with van der Waals surface area (Å²) in [5.74, 6) is -0.951. The fraction of sp³-hybridized carbons (Fsp3) is 0.467. The van der Waals surface area contributed by atoms with E-state index >= 15 is 0 Å². The molecule has 0 aliphatic carbocycles. The minimum absolute atomic E-state index is 0.0654. The van der Waals surface area contributed by atoms with E-state index in [0.717, 1.165) is 0 Å². The number of halogens is 1. The van der Waals surface area contributed by atoms with Gasteiger partial charge in [-0.3, -0.25) is 9.59 Å². The second kappa shape index (κ2) is 8.24. The van der Waals surface area contributed by atoms with Crippen LogP contribution in [0.15, 0.2) is 24.3 Å². The van der Waals surface area contributed by atoms with E-state index in [2.05, 4.69) is 10.1 Å². The second-order valence-corrected chi connectivity index (χ2v) is 4.81. The molecule has 1 aromatic rings. The van der Waals surface area contributed by atoms with Gasteiger partial charge in [-0.25, -0.2) is 4.39 Å². The molecule has 0 saturated carbocycles. The summed E-state index contributed by atoms with van der Waals surface area (Å²) < 4.78 is 22.8. The molecular weight excluding hydrogens is 277 g/mol. The third kappa shape index (κ3) is 6.25. The highest BCUT2D eigenvalue weighted by atomic mass is 19.1. The number of hydrogen-bond acceptors (Lipinski definition) is 4. The van der Waals surface area contributed by atoms with E-state index in [9.17, 15) is 14.0 Å². The smallest absolute Gasteiger partial charge is 0.308 e. The van der Waals surface area contributed by atoms with Crippen LogP contribution in [0.4, 0.5) is 4.39 Å². The van der Waals surface area contributed by atoms with Crippen molar-refractivity contribution < 1.29 is 23.5 Å². The Kier molecular flexibility index (Phi) is 6.65. The standard InChI is InChI=1S/C15H20FNO4/c1-10(15(19)20-3)8-14(18)17-9-11(2)21-13-6-4-12(16)5-7-13/h4-7,10-11H,8-9H2,1-3H3,(H,17,18)/t10-,11+/m1/s1. The quantitative estimate of drug-likeness (QED) is 0.781. The fourth-order valence-electron chi connectivity index (χ4n) is 1.68. The van der Waals surface area contributed by atoms with E-state index in [1.54, 1.807) is 13.8 Å². The van der Waals surface area contributed by atoms with Crippen molar-refractivity contribution in [1.82, 2.24) is 5.32 Å². The highest BCUT2D eigenvalue weighted by Gasteiger charge is 2.17. The summed E-state index contributed by atoms with van der Waals surface area (Å²) in [6.07, 6.45) is -0.205. The van der Waals surface area contributed by atoms with E-state index in [1.807, 2.05) is 0 Å². The molecule has 1 N–H and O–H groups in total. The number of methoxy groups -OCH3 is 1. The van der Waals surface area contributed by atoms with Crippen LogP contribution in [0.1, 0.15) is 20.3 Å². The van der Waals surface area contributed by atoms with Crippen molar-refractivity contribution in [1.29, 1.82) is 0 Å². The summed E-state index contributed by atoms with van der Waals surface area (Å²) in [5, 5.41) is 2.68. The van der Waals surface area contributed by atoms with Gasteiger partial charge in [0.25, 0.3) is 0 Å².